The fourth-order valence-corrected chi connectivity index (χ4v) is 4.13. The molecule has 4 nitrogen and oxygen atoms in total. The molecule has 2 aliphatic heterocycles. The van der Waals surface area contributed by atoms with E-state index in [1.54, 1.807) is 0 Å². The molecular weight excluding hydrogens is 383 g/mol. The lowest BCUT2D eigenvalue weighted by Crippen LogP contribution is -2.49. The molecule has 6 heteroatoms. The van der Waals surface area contributed by atoms with Crippen LogP contribution in [0, 0.1) is 0 Å². The number of ether oxygens (including phenoxy) is 1. The van der Waals surface area contributed by atoms with Crippen LogP contribution in [0.1, 0.15) is 35.3 Å². The van der Waals surface area contributed by atoms with E-state index in [-0.39, 0.29) is 30.5 Å². The first kappa shape index (κ1) is 20.2. The Balaban J connectivity index is 0.00000210. The largest absolute Gasteiger partial charge is 0.373 e. The van der Waals surface area contributed by atoms with E-state index in [9.17, 15) is 4.79 Å². The average molecular weight is 407 g/mol. The van der Waals surface area contributed by atoms with Crippen molar-refractivity contribution in [2.75, 3.05) is 26.2 Å². The predicted molar refractivity (Wildman–Crippen MR) is 109 cm³/mol. The van der Waals surface area contributed by atoms with Gasteiger partial charge in [0.1, 0.15) is 0 Å². The molecular formula is C21H24Cl2N2O2. The summed E-state index contributed by atoms with van der Waals surface area (Å²) in [6.07, 6.45) is 1.15. The first-order valence-electron chi connectivity index (χ1n) is 9.17. The van der Waals surface area contributed by atoms with Gasteiger partial charge in [-0.25, -0.2) is 0 Å². The number of hydrogen-bond acceptors (Lipinski definition) is 3. The first-order valence-corrected chi connectivity index (χ1v) is 9.55. The van der Waals surface area contributed by atoms with Gasteiger partial charge in [0.2, 0.25) is 5.91 Å². The highest BCUT2D eigenvalue weighted by Crippen LogP contribution is 2.32. The summed E-state index contributed by atoms with van der Waals surface area (Å²) < 4.78 is 5.94. The van der Waals surface area contributed by atoms with Crippen molar-refractivity contribution < 1.29 is 9.53 Å². The third kappa shape index (κ3) is 4.46. The molecule has 4 rings (SSSR count). The summed E-state index contributed by atoms with van der Waals surface area (Å²) in [5, 5.41) is 4.09. The summed E-state index contributed by atoms with van der Waals surface area (Å²) in [5.74, 6) is 0.137. The molecule has 2 atom stereocenters. The van der Waals surface area contributed by atoms with Crippen molar-refractivity contribution in [3.05, 3.63) is 70.2 Å². The van der Waals surface area contributed by atoms with Crippen molar-refractivity contribution in [2.45, 2.75) is 25.0 Å². The molecule has 2 aromatic rings. The average Bonchev–Trinajstić information content (AvgIpc) is 2.68. The van der Waals surface area contributed by atoms with Crippen molar-refractivity contribution in [1.29, 1.82) is 0 Å². The van der Waals surface area contributed by atoms with Crippen molar-refractivity contribution in [3.8, 4) is 0 Å². The number of carbonyl (C=O) groups is 1. The van der Waals surface area contributed by atoms with Crippen LogP contribution >= 0.6 is 24.0 Å². The van der Waals surface area contributed by atoms with Gasteiger partial charge in [0.05, 0.1) is 25.2 Å². The highest BCUT2D eigenvalue weighted by atomic mass is 35.5. The SMILES string of the molecule is Cl.O=C(CC1OCCc2ccccc21)N1CCNCC1c1cccc(Cl)c1. The topological polar surface area (TPSA) is 41.6 Å². The van der Waals surface area contributed by atoms with Crippen LogP contribution < -0.4 is 5.32 Å². The summed E-state index contributed by atoms with van der Waals surface area (Å²) in [6, 6.07) is 16.1. The Bertz CT molecular complexity index is 799. The molecule has 0 saturated carbocycles. The van der Waals surface area contributed by atoms with Crippen LogP contribution in [0.2, 0.25) is 5.02 Å². The number of nitrogens with zero attached hydrogens (tertiary/aromatic N) is 1. The zero-order valence-corrected chi connectivity index (χ0v) is 16.6. The van der Waals surface area contributed by atoms with Crippen LogP contribution in [0.4, 0.5) is 0 Å². The maximum absolute atomic E-state index is 13.1. The van der Waals surface area contributed by atoms with Crippen molar-refractivity contribution in [3.63, 3.8) is 0 Å². The molecule has 1 fully saturated rings. The van der Waals surface area contributed by atoms with E-state index in [1.807, 2.05) is 35.2 Å². The number of halogens is 2. The van der Waals surface area contributed by atoms with Gasteiger partial charge in [-0.15, -0.1) is 12.4 Å². The minimum absolute atomic E-state index is 0. The minimum atomic E-state index is -0.151. The normalized spacial score (nSPS) is 21.9. The summed E-state index contributed by atoms with van der Waals surface area (Å²) in [4.78, 5) is 15.1. The Kier molecular flexibility index (Phi) is 6.77. The van der Waals surface area contributed by atoms with Crippen LogP contribution in [0.5, 0.6) is 0 Å². The quantitative estimate of drug-likeness (QED) is 0.838. The molecule has 1 saturated heterocycles. The Morgan fingerprint density at radius 2 is 2.07 bits per heavy atom. The summed E-state index contributed by atoms with van der Waals surface area (Å²) in [7, 11) is 0. The maximum Gasteiger partial charge on any atom is 0.226 e. The molecule has 2 aromatic carbocycles. The minimum Gasteiger partial charge on any atom is -0.373 e. The van der Waals surface area contributed by atoms with Gasteiger partial charge >= 0.3 is 0 Å². The number of benzene rings is 2. The molecule has 1 N–H and O–H groups in total. The van der Waals surface area contributed by atoms with Gasteiger partial charge in [-0.2, -0.15) is 0 Å². The standard InChI is InChI=1S/C21H23ClN2O2.ClH/c22-17-6-3-5-16(12-17)19-14-23-9-10-24(19)21(25)13-20-18-7-2-1-4-15(18)8-11-26-20;/h1-7,12,19-20,23H,8-11,13-14H2;1H. The number of hydrogen-bond donors (Lipinski definition) is 1. The van der Waals surface area contributed by atoms with Gasteiger partial charge < -0.3 is 15.0 Å². The molecule has 2 unspecified atom stereocenters. The molecule has 144 valence electrons. The lowest BCUT2D eigenvalue weighted by atomic mass is 9.95. The van der Waals surface area contributed by atoms with E-state index in [1.165, 1.54) is 5.56 Å². The second kappa shape index (κ2) is 9.07. The second-order valence-electron chi connectivity index (χ2n) is 6.87. The molecule has 0 aliphatic carbocycles. The second-order valence-corrected chi connectivity index (χ2v) is 7.31. The van der Waals surface area contributed by atoms with Crippen LogP contribution in [0.25, 0.3) is 0 Å². The van der Waals surface area contributed by atoms with E-state index in [0.29, 0.717) is 24.6 Å². The van der Waals surface area contributed by atoms with Crippen LogP contribution in [0.15, 0.2) is 48.5 Å². The summed E-state index contributed by atoms with van der Waals surface area (Å²) in [6.45, 7) is 2.93. The first-order chi connectivity index (χ1) is 12.7. The maximum atomic E-state index is 13.1. The summed E-state index contributed by atoms with van der Waals surface area (Å²) in [5.41, 5.74) is 3.52. The number of carbonyl (C=O) groups excluding carboxylic acids is 1. The predicted octanol–water partition coefficient (Wildman–Crippen LogP) is 3.94. The van der Waals surface area contributed by atoms with Crippen molar-refractivity contribution in [1.82, 2.24) is 10.2 Å². The zero-order chi connectivity index (χ0) is 17.9. The third-order valence-electron chi connectivity index (χ3n) is 5.25. The fourth-order valence-electron chi connectivity index (χ4n) is 3.94. The van der Waals surface area contributed by atoms with E-state index in [4.69, 9.17) is 16.3 Å². The highest BCUT2D eigenvalue weighted by Gasteiger charge is 2.31. The number of fused-ring (bicyclic) bond motifs is 1. The lowest BCUT2D eigenvalue weighted by Gasteiger charge is -2.38. The van der Waals surface area contributed by atoms with Gasteiger partial charge in [0.15, 0.2) is 0 Å². The van der Waals surface area contributed by atoms with E-state index in [2.05, 4.69) is 23.5 Å². The number of rotatable bonds is 3. The fraction of sp³-hybridized carbons (Fsp3) is 0.381. The van der Waals surface area contributed by atoms with Crippen LogP contribution in [0.3, 0.4) is 0 Å². The molecule has 1 amide bonds. The van der Waals surface area contributed by atoms with Gasteiger partial charge in [0.25, 0.3) is 0 Å². The van der Waals surface area contributed by atoms with Gasteiger partial charge in [-0.05, 0) is 35.2 Å². The number of amides is 1. The monoisotopic (exact) mass is 406 g/mol. The lowest BCUT2D eigenvalue weighted by molar-refractivity contribution is -0.138. The molecule has 0 bridgehead atoms. The van der Waals surface area contributed by atoms with E-state index >= 15 is 0 Å². The van der Waals surface area contributed by atoms with E-state index < -0.39 is 0 Å². The van der Waals surface area contributed by atoms with Crippen LogP contribution in [-0.4, -0.2) is 37.0 Å². The summed E-state index contributed by atoms with van der Waals surface area (Å²) >= 11 is 6.16. The Morgan fingerprint density at radius 1 is 1.22 bits per heavy atom. The van der Waals surface area contributed by atoms with Crippen LogP contribution in [-0.2, 0) is 16.0 Å². The Morgan fingerprint density at radius 3 is 2.93 bits per heavy atom. The van der Waals surface area contributed by atoms with E-state index in [0.717, 1.165) is 30.6 Å². The molecule has 0 radical (unpaired) electrons. The number of nitrogens with one attached hydrogen (secondary N) is 1. The zero-order valence-electron chi connectivity index (χ0n) is 15.1. The molecule has 0 spiro atoms. The molecule has 2 heterocycles. The smallest absolute Gasteiger partial charge is 0.226 e. The number of piperazine rings is 1. The third-order valence-corrected chi connectivity index (χ3v) is 5.48. The Hall–Kier alpha value is -1.59. The Labute approximate surface area is 171 Å². The van der Waals surface area contributed by atoms with Gasteiger partial charge in [-0.3, -0.25) is 4.79 Å². The highest BCUT2D eigenvalue weighted by molar-refractivity contribution is 6.30. The molecule has 0 aromatic heterocycles. The molecule has 27 heavy (non-hydrogen) atoms. The van der Waals surface area contributed by atoms with Gasteiger partial charge in [-0.1, -0.05) is 48.0 Å². The van der Waals surface area contributed by atoms with Crippen molar-refractivity contribution >= 4 is 29.9 Å². The molecule has 2 aliphatic rings. The van der Waals surface area contributed by atoms with Gasteiger partial charge in [0, 0.05) is 24.7 Å². The van der Waals surface area contributed by atoms with Crippen molar-refractivity contribution in [2.24, 2.45) is 0 Å².